The molecule has 0 aliphatic carbocycles. The summed E-state index contributed by atoms with van der Waals surface area (Å²) in [6.45, 7) is 1.92. The van der Waals surface area contributed by atoms with Gasteiger partial charge in [0.25, 0.3) is 0 Å². The van der Waals surface area contributed by atoms with Crippen LogP contribution in [-0.2, 0) is 10.2 Å². The first-order valence-corrected chi connectivity index (χ1v) is 6.85. The number of hydrogen-bond acceptors (Lipinski definition) is 2. The molecule has 1 atom stereocenters. The molecule has 2 aromatic rings. The van der Waals surface area contributed by atoms with E-state index in [9.17, 15) is 4.79 Å². The molecule has 0 fully saturated rings. The zero-order chi connectivity index (χ0) is 13.2. The number of aliphatic carboxylic acids is 1. The first-order chi connectivity index (χ1) is 8.54. The smallest absolute Gasteiger partial charge is 0.304 e. The van der Waals surface area contributed by atoms with Crippen molar-refractivity contribution in [3.63, 3.8) is 0 Å². The first kappa shape index (κ1) is 13.1. The van der Waals surface area contributed by atoms with E-state index >= 15 is 0 Å². The number of carboxylic acid groups (broad SMARTS) is 1. The summed E-state index contributed by atoms with van der Waals surface area (Å²) < 4.78 is 0. The van der Waals surface area contributed by atoms with Crippen molar-refractivity contribution < 1.29 is 9.90 Å². The molecular weight excluding hydrogens is 268 g/mol. The lowest BCUT2D eigenvalue weighted by Crippen LogP contribution is -2.27. The fraction of sp³-hybridized carbons (Fsp3) is 0.214. The molecule has 0 amide bonds. The van der Waals surface area contributed by atoms with Gasteiger partial charge in [0.1, 0.15) is 0 Å². The molecule has 2 nitrogen and oxygen atoms in total. The van der Waals surface area contributed by atoms with Gasteiger partial charge < -0.3 is 5.11 Å². The van der Waals surface area contributed by atoms with E-state index in [-0.39, 0.29) is 6.42 Å². The molecule has 1 heterocycles. The molecule has 0 aliphatic rings. The average molecular weight is 281 g/mol. The summed E-state index contributed by atoms with van der Waals surface area (Å²) in [4.78, 5) is 11.2. The second-order valence-corrected chi connectivity index (χ2v) is 5.58. The van der Waals surface area contributed by atoms with E-state index in [2.05, 4.69) is 0 Å². The topological polar surface area (TPSA) is 37.3 Å². The fourth-order valence-corrected chi connectivity index (χ4v) is 3.28. The Morgan fingerprint density at radius 3 is 2.67 bits per heavy atom. The summed E-state index contributed by atoms with van der Waals surface area (Å²) >= 11 is 7.78. The van der Waals surface area contributed by atoms with Crippen LogP contribution in [-0.4, -0.2) is 11.1 Å². The normalized spacial score (nSPS) is 14.1. The minimum absolute atomic E-state index is 0.0213. The van der Waals surface area contributed by atoms with Crippen molar-refractivity contribution in [1.29, 1.82) is 0 Å². The Bertz CT molecular complexity index is 551. The van der Waals surface area contributed by atoms with Gasteiger partial charge in [-0.3, -0.25) is 4.79 Å². The molecule has 0 radical (unpaired) electrons. The zero-order valence-electron chi connectivity index (χ0n) is 9.89. The van der Waals surface area contributed by atoms with Gasteiger partial charge in [0.2, 0.25) is 0 Å². The number of carbonyl (C=O) groups is 1. The van der Waals surface area contributed by atoms with E-state index in [0.29, 0.717) is 5.02 Å². The highest BCUT2D eigenvalue weighted by Gasteiger charge is 2.33. The SMILES string of the molecule is CC(CC(=O)O)(c1ccsc1)c1ccccc1Cl. The van der Waals surface area contributed by atoms with E-state index in [0.717, 1.165) is 11.1 Å². The number of halogens is 1. The highest BCUT2D eigenvalue weighted by Crippen LogP contribution is 2.39. The molecule has 0 spiro atoms. The molecule has 1 N–H and O–H groups in total. The van der Waals surface area contributed by atoms with Crippen LogP contribution in [0.5, 0.6) is 0 Å². The van der Waals surface area contributed by atoms with Crippen molar-refractivity contribution >= 4 is 28.9 Å². The Hall–Kier alpha value is -1.32. The van der Waals surface area contributed by atoms with Crippen LogP contribution in [0.4, 0.5) is 0 Å². The minimum Gasteiger partial charge on any atom is -0.481 e. The highest BCUT2D eigenvalue weighted by atomic mass is 35.5. The van der Waals surface area contributed by atoms with E-state index in [1.807, 2.05) is 41.9 Å². The number of thiophene rings is 1. The largest absolute Gasteiger partial charge is 0.481 e. The zero-order valence-corrected chi connectivity index (χ0v) is 11.5. The highest BCUT2D eigenvalue weighted by molar-refractivity contribution is 7.08. The van der Waals surface area contributed by atoms with Crippen LogP contribution < -0.4 is 0 Å². The fourth-order valence-electron chi connectivity index (χ4n) is 2.14. The predicted molar refractivity (Wildman–Crippen MR) is 74.5 cm³/mol. The van der Waals surface area contributed by atoms with Crippen LogP contribution in [0, 0.1) is 0 Å². The van der Waals surface area contributed by atoms with Crippen LogP contribution in [0.15, 0.2) is 41.1 Å². The van der Waals surface area contributed by atoms with Crippen LogP contribution in [0.3, 0.4) is 0 Å². The van der Waals surface area contributed by atoms with Crippen molar-refractivity contribution in [2.75, 3.05) is 0 Å². The van der Waals surface area contributed by atoms with E-state index < -0.39 is 11.4 Å². The van der Waals surface area contributed by atoms with Crippen molar-refractivity contribution in [2.24, 2.45) is 0 Å². The number of benzene rings is 1. The minimum atomic E-state index is -0.830. The third-order valence-electron chi connectivity index (χ3n) is 3.13. The molecule has 4 heteroatoms. The number of carboxylic acids is 1. The maximum absolute atomic E-state index is 11.2. The van der Waals surface area contributed by atoms with Gasteiger partial charge in [-0.25, -0.2) is 0 Å². The maximum Gasteiger partial charge on any atom is 0.304 e. The standard InChI is InChI=1S/C14H13ClO2S/c1-14(8-13(16)17,10-6-7-18-9-10)11-4-2-3-5-12(11)15/h2-7,9H,8H2,1H3,(H,16,17). The molecule has 1 unspecified atom stereocenters. The Labute approximate surface area is 115 Å². The molecule has 0 aliphatic heterocycles. The number of hydrogen-bond donors (Lipinski definition) is 1. The van der Waals surface area contributed by atoms with Gasteiger partial charge in [0.15, 0.2) is 0 Å². The Morgan fingerprint density at radius 2 is 2.11 bits per heavy atom. The lowest BCUT2D eigenvalue weighted by Gasteiger charge is -2.29. The second kappa shape index (κ2) is 5.12. The molecule has 18 heavy (non-hydrogen) atoms. The third-order valence-corrected chi connectivity index (χ3v) is 4.14. The average Bonchev–Trinajstić information content (AvgIpc) is 2.82. The van der Waals surface area contributed by atoms with Gasteiger partial charge in [-0.15, -0.1) is 0 Å². The lowest BCUT2D eigenvalue weighted by atomic mass is 9.75. The summed E-state index contributed by atoms with van der Waals surface area (Å²) in [5.41, 5.74) is 1.25. The van der Waals surface area contributed by atoms with Gasteiger partial charge in [-0.2, -0.15) is 11.3 Å². The molecule has 0 saturated heterocycles. The lowest BCUT2D eigenvalue weighted by molar-refractivity contribution is -0.138. The molecule has 1 aromatic heterocycles. The second-order valence-electron chi connectivity index (χ2n) is 4.39. The van der Waals surface area contributed by atoms with Gasteiger partial charge in [-0.05, 0) is 34.0 Å². The van der Waals surface area contributed by atoms with Crippen LogP contribution in [0.25, 0.3) is 0 Å². The monoisotopic (exact) mass is 280 g/mol. The van der Waals surface area contributed by atoms with Crippen LogP contribution in [0.2, 0.25) is 5.02 Å². The Balaban J connectivity index is 2.56. The van der Waals surface area contributed by atoms with Gasteiger partial charge in [0.05, 0.1) is 6.42 Å². The van der Waals surface area contributed by atoms with Gasteiger partial charge in [-0.1, -0.05) is 36.7 Å². The molecular formula is C14H13ClO2S. The van der Waals surface area contributed by atoms with Crippen molar-refractivity contribution in [3.05, 3.63) is 57.2 Å². The molecule has 1 aromatic carbocycles. The predicted octanol–water partition coefficient (Wildman–Crippen LogP) is 4.18. The van der Waals surface area contributed by atoms with E-state index in [1.165, 1.54) is 0 Å². The molecule has 0 saturated carbocycles. The van der Waals surface area contributed by atoms with E-state index in [1.54, 1.807) is 17.4 Å². The third kappa shape index (κ3) is 2.42. The van der Waals surface area contributed by atoms with Crippen LogP contribution >= 0.6 is 22.9 Å². The van der Waals surface area contributed by atoms with E-state index in [4.69, 9.17) is 16.7 Å². The van der Waals surface area contributed by atoms with Gasteiger partial charge >= 0.3 is 5.97 Å². The summed E-state index contributed by atoms with van der Waals surface area (Å²) in [6, 6.07) is 9.37. The summed E-state index contributed by atoms with van der Waals surface area (Å²) in [5, 5.41) is 13.7. The molecule has 0 bridgehead atoms. The maximum atomic E-state index is 11.2. The molecule has 2 rings (SSSR count). The summed E-state index contributed by atoms with van der Waals surface area (Å²) in [7, 11) is 0. The Morgan fingerprint density at radius 1 is 1.39 bits per heavy atom. The van der Waals surface area contributed by atoms with Crippen molar-refractivity contribution in [2.45, 2.75) is 18.8 Å². The summed E-state index contributed by atoms with van der Waals surface area (Å²) in [5.74, 6) is -0.830. The quantitative estimate of drug-likeness (QED) is 0.912. The first-order valence-electron chi connectivity index (χ1n) is 5.53. The van der Waals surface area contributed by atoms with Gasteiger partial charge in [0, 0.05) is 10.4 Å². The summed E-state index contributed by atoms with van der Waals surface area (Å²) in [6.07, 6.45) is 0.0213. The molecule has 94 valence electrons. The number of rotatable bonds is 4. The van der Waals surface area contributed by atoms with Crippen molar-refractivity contribution in [3.8, 4) is 0 Å². The van der Waals surface area contributed by atoms with Crippen molar-refractivity contribution in [1.82, 2.24) is 0 Å². The Kier molecular flexibility index (Phi) is 3.73. The van der Waals surface area contributed by atoms with Crippen LogP contribution in [0.1, 0.15) is 24.5 Å².